The summed E-state index contributed by atoms with van der Waals surface area (Å²) in [5.74, 6) is 1.54. The van der Waals surface area contributed by atoms with E-state index in [1.807, 2.05) is 42.5 Å². The van der Waals surface area contributed by atoms with E-state index in [1.165, 1.54) is 6.92 Å². The SMILES string of the molecule is CC(=O)c1ccc(-c2ccc(C(=O)Nc3ccccc3Oc3ccccc3)o2)cc1. The summed E-state index contributed by atoms with van der Waals surface area (Å²) in [4.78, 5) is 24.1. The van der Waals surface area contributed by atoms with Crippen molar-refractivity contribution in [2.24, 2.45) is 0 Å². The second-order valence-electron chi connectivity index (χ2n) is 6.66. The molecule has 0 saturated heterocycles. The molecule has 4 rings (SSSR count). The lowest BCUT2D eigenvalue weighted by molar-refractivity contribution is 0.0994. The molecule has 0 aliphatic heterocycles. The molecule has 1 aromatic heterocycles. The molecule has 5 heteroatoms. The molecule has 0 aliphatic carbocycles. The molecule has 0 spiro atoms. The van der Waals surface area contributed by atoms with Gasteiger partial charge in [0.05, 0.1) is 5.69 Å². The maximum absolute atomic E-state index is 12.7. The van der Waals surface area contributed by atoms with Gasteiger partial charge in [-0.3, -0.25) is 9.59 Å². The Labute approximate surface area is 173 Å². The molecule has 0 saturated carbocycles. The normalized spacial score (nSPS) is 10.4. The van der Waals surface area contributed by atoms with E-state index in [-0.39, 0.29) is 17.5 Å². The largest absolute Gasteiger partial charge is 0.455 e. The standard InChI is InChI=1S/C25H19NO4/c1-17(27)18-11-13-19(14-12-18)22-15-16-24(30-22)25(28)26-21-9-5-6-10-23(21)29-20-7-3-2-4-8-20/h2-16H,1H3,(H,26,28). The monoisotopic (exact) mass is 397 g/mol. The number of ketones is 1. The van der Waals surface area contributed by atoms with Gasteiger partial charge in [0.1, 0.15) is 11.5 Å². The first kappa shape index (κ1) is 19.2. The molecule has 1 heterocycles. The van der Waals surface area contributed by atoms with Crippen LogP contribution >= 0.6 is 0 Å². The second kappa shape index (κ2) is 8.49. The van der Waals surface area contributed by atoms with Crippen LogP contribution in [0.25, 0.3) is 11.3 Å². The molecule has 0 aliphatic rings. The zero-order valence-corrected chi connectivity index (χ0v) is 16.3. The number of carbonyl (C=O) groups is 2. The van der Waals surface area contributed by atoms with Gasteiger partial charge in [-0.25, -0.2) is 0 Å². The molecule has 0 unspecified atom stereocenters. The van der Waals surface area contributed by atoms with E-state index in [4.69, 9.17) is 9.15 Å². The highest BCUT2D eigenvalue weighted by atomic mass is 16.5. The third kappa shape index (κ3) is 4.31. The Morgan fingerprint density at radius 2 is 1.50 bits per heavy atom. The summed E-state index contributed by atoms with van der Waals surface area (Å²) in [5, 5.41) is 2.83. The molecule has 0 radical (unpaired) electrons. The molecule has 5 nitrogen and oxygen atoms in total. The highest BCUT2D eigenvalue weighted by Gasteiger charge is 2.15. The lowest BCUT2D eigenvalue weighted by atomic mass is 10.1. The predicted octanol–water partition coefficient (Wildman–Crippen LogP) is 6.19. The van der Waals surface area contributed by atoms with Gasteiger partial charge in [0.2, 0.25) is 0 Å². The van der Waals surface area contributed by atoms with Crippen molar-refractivity contribution >= 4 is 17.4 Å². The van der Waals surface area contributed by atoms with Crippen molar-refractivity contribution in [2.75, 3.05) is 5.32 Å². The Kier molecular flexibility index (Phi) is 5.44. The van der Waals surface area contributed by atoms with E-state index in [1.54, 1.807) is 48.5 Å². The van der Waals surface area contributed by atoms with Crippen molar-refractivity contribution < 1.29 is 18.7 Å². The number of furan rings is 1. The van der Waals surface area contributed by atoms with Gasteiger partial charge in [-0.1, -0.05) is 54.6 Å². The van der Waals surface area contributed by atoms with Crippen molar-refractivity contribution in [1.82, 2.24) is 0 Å². The molecule has 1 N–H and O–H groups in total. The Hall–Kier alpha value is -4.12. The summed E-state index contributed by atoms with van der Waals surface area (Å²) in [7, 11) is 0. The van der Waals surface area contributed by atoms with Crippen LogP contribution in [0.3, 0.4) is 0 Å². The van der Waals surface area contributed by atoms with E-state index >= 15 is 0 Å². The first-order chi connectivity index (χ1) is 14.6. The van der Waals surface area contributed by atoms with Gasteiger partial charge < -0.3 is 14.5 Å². The number of carbonyl (C=O) groups excluding carboxylic acids is 2. The summed E-state index contributed by atoms with van der Waals surface area (Å²) in [6.07, 6.45) is 0. The summed E-state index contributed by atoms with van der Waals surface area (Å²) >= 11 is 0. The van der Waals surface area contributed by atoms with Gasteiger partial charge in [-0.2, -0.15) is 0 Å². The summed E-state index contributed by atoms with van der Waals surface area (Å²) < 4.78 is 11.6. The molecule has 3 aromatic carbocycles. The summed E-state index contributed by atoms with van der Waals surface area (Å²) in [6.45, 7) is 1.52. The maximum atomic E-state index is 12.7. The molecule has 0 atom stereocenters. The zero-order valence-electron chi connectivity index (χ0n) is 16.3. The molecule has 1 amide bonds. The average molecular weight is 397 g/mol. The van der Waals surface area contributed by atoms with Gasteiger partial charge in [-0.05, 0) is 43.3 Å². The summed E-state index contributed by atoms with van der Waals surface area (Å²) in [5.41, 5.74) is 1.94. The van der Waals surface area contributed by atoms with Crippen LogP contribution in [-0.2, 0) is 0 Å². The molecule has 148 valence electrons. The van der Waals surface area contributed by atoms with Gasteiger partial charge >= 0.3 is 0 Å². The minimum Gasteiger partial charge on any atom is -0.455 e. The van der Waals surface area contributed by atoms with Crippen LogP contribution in [0, 0.1) is 0 Å². The van der Waals surface area contributed by atoms with Crippen molar-refractivity contribution in [3.8, 4) is 22.8 Å². The topological polar surface area (TPSA) is 68.5 Å². The quantitative estimate of drug-likeness (QED) is 0.394. The highest BCUT2D eigenvalue weighted by Crippen LogP contribution is 2.30. The van der Waals surface area contributed by atoms with Gasteiger partial charge in [-0.15, -0.1) is 0 Å². The summed E-state index contributed by atoms with van der Waals surface area (Å²) in [6, 6.07) is 26.9. The number of amides is 1. The fourth-order valence-corrected chi connectivity index (χ4v) is 2.94. The fraction of sp³-hybridized carbons (Fsp3) is 0.0400. The maximum Gasteiger partial charge on any atom is 0.291 e. The van der Waals surface area contributed by atoms with Gasteiger partial charge in [0.25, 0.3) is 5.91 Å². The number of anilines is 1. The van der Waals surface area contributed by atoms with E-state index < -0.39 is 0 Å². The smallest absolute Gasteiger partial charge is 0.291 e. The number of hydrogen-bond acceptors (Lipinski definition) is 4. The van der Waals surface area contributed by atoms with Crippen molar-refractivity contribution in [1.29, 1.82) is 0 Å². The number of ether oxygens (including phenoxy) is 1. The Bertz CT molecular complexity index is 1180. The van der Waals surface area contributed by atoms with Crippen molar-refractivity contribution in [3.63, 3.8) is 0 Å². The average Bonchev–Trinajstić information content (AvgIpc) is 3.26. The lowest BCUT2D eigenvalue weighted by Crippen LogP contribution is -2.11. The molecule has 0 fully saturated rings. The molecule has 4 aromatic rings. The minimum absolute atomic E-state index is 0.00236. The van der Waals surface area contributed by atoms with Crippen molar-refractivity contribution in [3.05, 3.63) is 102 Å². The van der Waals surface area contributed by atoms with Crippen LogP contribution in [0.2, 0.25) is 0 Å². The third-order valence-electron chi connectivity index (χ3n) is 4.51. The molecule has 0 bridgehead atoms. The predicted molar refractivity (Wildman–Crippen MR) is 115 cm³/mol. The Morgan fingerprint density at radius 1 is 0.800 bits per heavy atom. The van der Waals surface area contributed by atoms with Crippen LogP contribution in [0.5, 0.6) is 11.5 Å². The first-order valence-electron chi connectivity index (χ1n) is 9.44. The van der Waals surface area contributed by atoms with Crippen LogP contribution in [0.15, 0.2) is 95.4 Å². The molecular formula is C25H19NO4. The van der Waals surface area contributed by atoms with E-state index in [0.717, 1.165) is 5.56 Å². The van der Waals surface area contributed by atoms with Gasteiger partial charge in [0.15, 0.2) is 17.3 Å². The lowest BCUT2D eigenvalue weighted by Gasteiger charge is -2.11. The number of benzene rings is 3. The van der Waals surface area contributed by atoms with Crippen LogP contribution < -0.4 is 10.1 Å². The molecule has 30 heavy (non-hydrogen) atoms. The van der Waals surface area contributed by atoms with Gasteiger partial charge in [0, 0.05) is 11.1 Å². The van der Waals surface area contributed by atoms with E-state index in [0.29, 0.717) is 28.5 Å². The Morgan fingerprint density at radius 3 is 2.23 bits per heavy atom. The van der Waals surface area contributed by atoms with Crippen LogP contribution in [0.4, 0.5) is 5.69 Å². The third-order valence-corrected chi connectivity index (χ3v) is 4.51. The number of rotatable bonds is 6. The number of hydrogen-bond donors (Lipinski definition) is 1. The van der Waals surface area contributed by atoms with E-state index in [9.17, 15) is 9.59 Å². The number of Topliss-reactive ketones (excluding diaryl/α,β-unsaturated/α-hetero) is 1. The van der Waals surface area contributed by atoms with Crippen LogP contribution in [-0.4, -0.2) is 11.7 Å². The highest BCUT2D eigenvalue weighted by molar-refractivity contribution is 6.03. The second-order valence-corrected chi connectivity index (χ2v) is 6.66. The molecular weight excluding hydrogens is 378 g/mol. The number of nitrogens with one attached hydrogen (secondary N) is 1. The van der Waals surface area contributed by atoms with Crippen molar-refractivity contribution in [2.45, 2.75) is 6.92 Å². The fourth-order valence-electron chi connectivity index (χ4n) is 2.94. The Balaban J connectivity index is 1.51. The first-order valence-corrected chi connectivity index (χ1v) is 9.44. The minimum atomic E-state index is -0.384. The number of para-hydroxylation sites is 3. The van der Waals surface area contributed by atoms with Crippen LogP contribution in [0.1, 0.15) is 27.8 Å². The zero-order chi connectivity index (χ0) is 20.9. The van der Waals surface area contributed by atoms with E-state index in [2.05, 4.69) is 5.32 Å².